The monoisotopic (exact) mass is 519 g/mol. The van der Waals surface area contributed by atoms with Crippen molar-refractivity contribution < 1.29 is 9.85 Å². The largest absolute Gasteiger partial charge is 0.360 e. The minimum Gasteiger partial charge on any atom is -0.360 e. The maximum absolute atomic E-state index is 11.1. The number of non-ortho nitro benzene ring substituents is 1. The zero-order valence-electron chi connectivity index (χ0n) is 17.9. The topological polar surface area (TPSA) is 131 Å². The molecule has 0 spiro atoms. The number of nitro groups is 2. The van der Waals surface area contributed by atoms with Crippen LogP contribution in [0.2, 0.25) is 0 Å². The fraction of sp³-hybridized carbons (Fsp3) is 0.0417. The van der Waals surface area contributed by atoms with Gasteiger partial charge in [0.15, 0.2) is 0 Å². The summed E-state index contributed by atoms with van der Waals surface area (Å²) in [6.07, 6.45) is 5.97. The number of rotatable bonds is 7. The Morgan fingerprint density at radius 2 is 1.85 bits per heavy atom. The molecule has 2 aromatic carbocycles. The first-order valence-corrected chi connectivity index (χ1v) is 10.9. The van der Waals surface area contributed by atoms with Gasteiger partial charge in [0.25, 0.3) is 11.4 Å². The fourth-order valence-electron chi connectivity index (χ4n) is 3.53. The highest BCUT2D eigenvalue weighted by molar-refractivity contribution is 9.10. The van der Waals surface area contributed by atoms with E-state index >= 15 is 0 Å². The van der Waals surface area contributed by atoms with Crippen LogP contribution in [-0.2, 0) is 0 Å². The number of nitro benzene ring substituents is 1. The van der Waals surface area contributed by atoms with E-state index in [1.165, 1.54) is 24.3 Å². The van der Waals surface area contributed by atoms with E-state index in [0.29, 0.717) is 28.3 Å². The molecule has 9 nitrogen and oxygen atoms in total. The van der Waals surface area contributed by atoms with E-state index in [1.54, 1.807) is 25.1 Å². The van der Waals surface area contributed by atoms with Gasteiger partial charge in [0, 0.05) is 57.0 Å². The van der Waals surface area contributed by atoms with E-state index < -0.39 is 9.85 Å². The van der Waals surface area contributed by atoms with Crippen LogP contribution in [0, 0.1) is 20.2 Å². The molecule has 0 radical (unpaired) electrons. The molecule has 0 unspecified atom stereocenters. The van der Waals surface area contributed by atoms with Crippen molar-refractivity contribution in [3.8, 4) is 22.6 Å². The van der Waals surface area contributed by atoms with Gasteiger partial charge in [-0.2, -0.15) is 0 Å². The fourth-order valence-corrected chi connectivity index (χ4v) is 3.89. The first kappa shape index (κ1) is 22.9. The lowest BCUT2D eigenvalue weighted by Gasteiger charge is -2.03. The van der Waals surface area contributed by atoms with Crippen LogP contribution < -0.4 is 0 Å². The number of imidazole rings is 1. The summed E-state index contributed by atoms with van der Waals surface area (Å²) >= 11 is 3.50. The Kier molecular flexibility index (Phi) is 6.24. The molecule has 170 valence electrons. The number of hydrogen-bond acceptors (Lipinski definition) is 5. The predicted octanol–water partition coefficient (Wildman–Crippen LogP) is 6.65. The van der Waals surface area contributed by atoms with E-state index in [4.69, 9.17) is 4.98 Å². The molecule has 4 aromatic rings. The molecule has 2 heterocycles. The zero-order chi connectivity index (χ0) is 24.4. The summed E-state index contributed by atoms with van der Waals surface area (Å²) in [6.45, 7) is 5.26. The third-order valence-electron chi connectivity index (χ3n) is 5.27. The molecular weight excluding hydrogens is 502 g/mol. The third kappa shape index (κ3) is 4.44. The number of benzene rings is 2. The van der Waals surface area contributed by atoms with Crippen LogP contribution in [0.1, 0.15) is 12.6 Å². The van der Waals surface area contributed by atoms with Crippen LogP contribution in [-0.4, -0.2) is 24.8 Å². The van der Waals surface area contributed by atoms with Gasteiger partial charge < -0.3 is 9.97 Å². The summed E-state index contributed by atoms with van der Waals surface area (Å²) < 4.78 is 0.918. The smallest absolute Gasteiger partial charge is 0.269 e. The summed E-state index contributed by atoms with van der Waals surface area (Å²) in [5, 5.41) is 23.1. The van der Waals surface area contributed by atoms with Crippen molar-refractivity contribution in [2.75, 3.05) is 0 Å². The second-order valence-electron chi connectivity index (χ2n) is 7.41. The molecule has 2 N–H and O–H groups in total. The van der Waals surface area contributed by atoms with Crippen LogP contribution in [0.25, 0.3) is 39.1 Å². The maximum atomic E-state index is 11.1. The van der Waals surface area contributed by atoms with Gasteiger partial charge in [-0.15, -0.1) is 0 Å². The van der Waals surface area contributed by atoms with Crippen LogP contribution >= 0.6 is 15.9 Å². The van der Waals surface area contributed by atoms with Crippen molar-refractivity contribution in [3.05, 3.63) is 110 Å². The van der Waals surface area contributed by atoms with Gasteiger partial charge in [0.05, 0.1) is 21.2 Å². The molecule has 0 amide bonds. The second-order valence-corrected chi connectivity index (χ2v) is 8.32. The van der Waals surface area contributed by atoms with Crippen LogP contribution in [0.15, 0.2) is 83.6 Å². The van der Waals surface area contributed by atoms with Gasteiger partial charge in [-0.25, -0.2) is 4.98 Å². The maximum Gasteiger partial charge on any atom is 0.269 e. The summed E-state index contributed by atoms with van der Waals surface area (Å²) in [5.74, 6) is 0.586. The van der Waals surface area contributed by atoms with Crippen molar-refractivity contribution in [1.82, 2.24) is 15.0 Å². The highest BCUT2D eigenvalue weighted by Gasteiger charge is 2.18. The summed E-state index contributed by atoms with van der Waals surface area (Å²) in [4.78, 5) is 32.6. The minimum absolute atomic E-state index is 0.0247. The number of allylic oxidation sites excluding steroid dienone is 4. The van der Waals surface area contributed by atoms with Gasteiger partial charge in [-0.05, 0) is 42.8 Å². The Morgan fingerprint density at radius 3 is 2.50 bits per heavy atom. The molecule has 0 saturated carbocycles. The molecule has 0 aliphatic heterocycles. The minimum atomic E-state index is -0.520. The Labute approximate surface area is 202 Å². The predicted molar refractivity (Wildman–Crippen MR) is 135 cm³/mol. The molecule has 0 atom stereocenters. The summed E-state index contributed by atoms with van der Waals surface area (Å²) in [5.41, 5.74) is 4.16. The van der Waals surface area contributed by atoms with Crippen molar-refractivity contribution in [2.24, 2.45) is 0 Å². The lowest BCUT2D eigenvalue weighted by atomic mass is 10.1. The molecule has 2 aromatic heterocycles. The number of H-pyrrole nitrogens is 2. The molecule has 0 aliphatic carbocycles. The lowest BCUT2D eigenvalue weighted by Crippen LogP contribution is -1.94. The number of fused-ring (bicyclic) bond motifs is 1. The number of hydrogen-bond donors (Lipinski definition) is 2. The van der Waals surface area contributed by atoms with Gasteiger partial charge in [0.1, 0.15) is 5.82 Å². The summed E-state index contributed by atoms with van der Waals surface area (Å²) in [6, 6.07) is 12.0. The van der Waals surface area contributed by atoms with E-state index in [9.17, 15) is 20.2 Å². The SMILES string of the molecule is C=C/C(=C\C=C(/C)c1nc(-c2c[nH]c3ccc(Br)cc23)[nH]c1-c1ccc([N+](=O)[O-])cc1)[N+](=O)[O-]. The Hall–Kier alpha value is -4.31. The van der Waals surface area contributed by atoms with Crippen LogP contribution in [0.3, 0.4) is 0 Å². The van der Waals surface area contributed by atoms with E-state index in [-0.39, 0.29) is 11.4 Å². The molecule has 0 saturated heterocycles. The van der Waals surface area contributed by atoms with Gasteiger partial charge in [0.2, 0.25) is 0 Å². The lowest BCUT2D eigenvalue weighted by molar-refractivity contribution is -0.418. The number of nitrogens with one attached hydrogen (secondary N) is 2. The highest BCUT2D eigenvalue weighted by atomic mass is 79.9. The van der Waals surface area contributed by atoms with Gasteiger partial charge in [-0.3, -0.25) is 20.2 Å². The number of aromatic amines is 2. The van der Waals surface area contributed by atoms with E-state index in [2.05, 4.69) is 32.5 Å². The molecule has 10 heteroatoms. The molecule has 0 aliphatic rings. The Morgan fingerprint density at radius 1 is 1.12 bits per heavy atom. The van der Waals surface area contributed by atoms with Crippen molar-refractivity contribution in [1.29, 1.82) is 0 Å². The number of halogens is 1. The Bertz CT molecular complexity index is 1500. The molecular formula is C24H18BrN5O4. The van der Waals surface area contributed by atoms with Gasteiger partial charge >= 0.3 is 0 Å². The molecule has 4 rings (SSSR count). The van der Waals surface area contributed by atoms with Crippen molar-refractivity contribution >= 4 is 38.1 Å². The van der Waals surface area contributed by atoms with Crippen LogP contribution in [0.4, 0.5) is 5.69 Å². The first-order valence-electron chi connectivity index (χ1n) is 10.1. The van der Waals surface area contributed by atoms with Crippen molar-refractivity contribution in [3.63, 3.8) is 0 Å². The first-order chi connectivity index (χ1) is 16.3. The molecule has 0 fully saturated rings. The number of aromatic nitrogens is 3. The average Bonchev–Trinajstić information content (AvgIpc) is 3.43. The average molecular weight is 520 g/mol. The van der Waals surface area contributed by atoms with E-state index in [0.717, 1.165) is 20.9 Å². The number of nitrogens with zero attached hydrogens (tertiary/aromatic N) is 3. The highest BCUT2D eigenvalue weighted by Crippen LogP contribution is 2.34. The molecule has 34 heavy (non-hydrogen) atoms. The third-order valence-corrected chi connectivity index (χ3v) is 5.76. The second kappa shape index (κ2) is 9.28. The standard InChI is InChI=1S/C24H18BrN5O4/c1-3-17(29(31)32)8-4-14(2)22-23(15-5-9-18(10-6-15)30(33)34)28-24(27-22)20-13-26-21-11-7-16(25)12-19(20)21/h3-13,26H,1H2,2H3,(H,27,28)/b14-4+,17-8+. The zero-order valence-corrected chi connectivity index (χ0v) is 19.5. The van der Waals surface area contributed by atoms with E-state index in [1.807, 2.05) is 24.4 Å². The van der Waals surface area contributed by atoms with Gasteiger partial charge in [-0.1, -0.05) is 28.6 Å². The quantitative estimate of drug-likeness (QED) is 0.160. The summed E-state index contributed by atoms with van der Waals surface area (Å²) in [7, 11) is 0. The Balaban J connectivity index is 1.89. The van der Waals surface area contributed by atoms with Crippen LogP contribution in [0.5, 0.6) is 0 Å². The van der Waals surface area contributed by atoms with Crippen molar-refractivity contribution in [2.45, 2.75) is 6.92 Å². The molecule has 0 bridgehead atoms. The normalized spacial score (nSPS) is 12.2.